The number of likely N-dealkylation sites (tertiary alicyclic amines) is 1. The lowest BCUT2D eigenvalue weighted by Gasteiger charge is -2.36. The van der Waals surface area contributed by atoms with Gasteiger partial charge in [0.25, 0.3) is 0 Å². The first kappa shape index (κ1) is 18.7. The van der Waals surface area contributed by atoms with Crippen molar-refractivity contribution in [1.29, 1.82) is 0 Å². The van der Waals surface area contributed by atoms with Gasteiger partial charge in [0.2, 0.25) is 17.7 Å². The maximum absolute atomic E-state index is 12.8. The average Bonchev–Trinajstić information content (AvgIpc) is 3.02. The highest BCUT2D eigenvalue weighted by Crippen LogP contribution is 2.23. The molecule has 2 heterocycles. The Balaban J connectivity index is 1.53. The lowest BCUT2D eigenvalue weighted by Crippen LogP contribution is -2.53. The van der Waals surface area contributed by atoms with Gasteiger partial charge in [-0.05, 0) is 12.5 Å². The van der Waals surface area contributed by atoms with Gasteiger partial charge >= 0.3 is 0 Å². The number of hydrogen-bond donors (Lipinski definition) is 0. The molecule has 26 heavy (non-hydrogen) atoms. The maximum Gasteiger partial charge on any atom is 0.240 e. The molecular weight excluding hydrogens is 354 g/mol. The summed E-state index contributed by atoms with van der Waals surface area (Å²) in [6, 6.07) is 9.80. The second-order valence-corrected chi connectivity index (χ2v) is 7.58. The molecule has 0 N–H and O–H groups in total. The van der Waals surface area contributed by atoms with E-state index in [0.29, 0.717) is 39.3 Å². The van der Waals surface area contributed by atoms with E-state index in [9.17, 15) is 14.4 Å². The van der Waals surface area contributed by atoms with E-state index in [-0.39, 0.29) is 30.1 Å². The van der Waals surface area contributed by atoms with Gasteiger partial charge < -0.3 is 14.7 Å². The molecule has 2 aliphatic heterocycles. The minimum Gasteiger partial charge on any atom is -0.339 e. The van der Waals surface area contributed by atoms with Crippen molar-refractivity contribution in [2.45, 2.75) is 25.3 Å². The number of amides is 3. The van der Waals surface area contributed by atoms with E-state index in [1.165, 1.54) is 0 Å². The number of carbonyl (C=O) groups is 3. The lowest BCUT2D eigenvalue weighted by atomic mass is 10.1. The number of benzene rings is 1. The third-order valence-corrected chi connectivity index (χ3v) is 5.21. The minimum atomic E-state index is -0.545. The minimum absolute atomic E-state index is 0.0138. The van der Waals surface area contributed by atoms with Gasteiger partial charge in [-0.3, -0.25) is 14.4 Å². The van der Waals surface area contributed by atoms with Gasteiger partial charge in [-0.15, -0.1) is 11.6 Å². The summed E-state index contributed by atoms with van der Waals surface area (Å²) in [7, 11) is 0. The van der Waals surface area contributed by atoms with Gasteiger partial charge in [0.15, 0.2) is 0 Å². The number of hydrogen-bond acceptors (Lipinski definition) is 3. The van der Waals surface area contributed by atoms with Gasteiger partial charge in [-0.25, -0.2) is 0 Å². The van der Waals surface area contributed by atoms with Crippen LogP contribution in [0.3, 0.4) is 0 Å². The molecule has 140 valence electrons. The molecule has 3 rings (SSSR count). The normalized spacial score (nSPS) is 21.8. The summed E-state index contributed by atoms with van der Waals surface area (Å²) < 4.78 is 0. The summed E-state index contributed by atoms with van der Waals surface area (Å²) in [5, 5.41) is -0.545. The van der Waals surface area contributed by atoms with Crippen LogP contribution in [-0.2, 0) is 20.9 Å². The zero-order valence-electron chi connectivity index (χ0n) is 14.9. The fourth-order valence-corrected chi connectivity index (χ4v) is 3.69. The van der Waals surface area contributed by atoms with Crippen molar-refractivity contribution in [1.82, 2.24) is 14.7 Å². The molecule has 2 saturated heterocycles. The molecule has 0 aromatic heterocycles. The van der Waals surface area contributed by atoms with Crippen molar-refractivity contribution in [2.75, 3.05) is 32.7 Å². The molecule has 0 radical (unpaired) electrons. The van der Waals surface area contributed by atoms with Crippen LogP contribution >= 0.6 is 11.6 Å². The van der Waals surface area contributed by atoms with Gasteiger partial charge in [0.05, 0.1) is 5.92 Å². The van der Waals surface area contributed by atoms with E-state index >= 15 is 0 Å². The molecule has 0 spiro atoms. The molecule has 0 saturated carbocycles. The largest absolute Gasteiger partial charge is 0.339 e. The summed E-state index contributed by atoms with van der Waals surface area (Å²) in [5.41, 5.74) is 1.07. The highest BCUT2D eigenvalue weighted by Gasteiger charge is 2.37. The zero-order valence-corrected chi connectivity index (χ0v) is 15.7. The van der Waals surface area contributed by atoms with Crippen molar-refractivity contribution in [3.8, 4) is 0 Å². The third-order valence-electron chi connectivity index (χ3n) is 5.02. The van der Waals surface area contributed by atoms with Crippen LogP contribution in [0.5, 0.6) is 0 Å². The Morgan fingerprint density at radius 1 is 1.12 bits per heavy atom. The fourth-order valence-electron chi connectivity index (χ4n) is 3.55. The molecule has 0 bridgehead atoms. The van der Waals surface area contributed by atoms with E-state index < -0.39 is 5.38 Å². The molecule has 1 aromatic carbocycles. The van der Waals surface area contributed by atoms with Crippen LogP contribution in [0, 0.1) is 5.92 Å². The van der Waals surface area contributed by atoms with Crippen molar-refractivity contribution < 1.29 is 14.4 Å². The first-order valence-corrected chi connectivity index (χ1v) is 9.42. The predicted octanol–water partition coefficient (Wildman–Crippen LogP) is 1.33. The molecule has 0 aliphatic carbocycles. The summed E-state index contributed by atoms with van der Waals surface area (Å²) in [5.74, 6) is -0.346. The fraction of sp³-hybridized carbons (Fsp3) is 0.526. The number of alkyl halides is 1. The third kappa shape index (κ3) is 4.18. The molecule has 2 aliphatic rings. The van der Waals surface area contributed by atoms with Gasteiger partial charge in [-0.1, -0.05) is 30.3 Å². The Morgan fingerprint density at radius 2 is 1.73 bits per heavy atom. The number of piperazine rings is 1. The Hall–Kier alpha value is -2.08. The molecule has 2 unspecified atom stereocenters. The summed E-state index contributed by atoms with van der Waals surface area (Å²) in [6.45, 7) is 4.65. The summed E-state index contributed by atoms with van der Waals surface area (Å²) in [6.07, 6.45) is 0.267. The molecule has 3 amide bonds. The lowest BCUT2D eigenvalue weighted by molar-refractivity contribution is -0.141. The Kier molecular flexibility index (Phi) is 5.81. The van der Waals surface area contributed by atoms with E-state index in [1.807, 2.05) is 30.3 Å². The van der Waals surface area contributed by atoms with E-state index in [2.05, 4.69) is 0 Å². The predicted molar refractivity (Wildman–Crippen MR) is 98.4 cm³/mol. The second kappa shape index (κ2) is 8.08. The highest BCUT2D eigenvalue weighted by atomic mass is 35.5. The molecule has 7 heteroatoms. The van der Waals surface area contributed by atoms with Crippen LogP contribution in [-0.4, -0.2) is 70.5 Å². The Labute approximate surface area is 158 Å². The summed E-state index contributed by atoms with van der Waals surface area (Å²) >= 11 is 5.85. The molecule has 2 atom stereocenters. The van der Waals surface area contributed by atoms with Gasteiger partial charge in [-0.2, -0.15) is 0 Å². The number of halogens is 1. The van der Waals surface area contributed by atoms with Crippen LogP contribution in [0.1, 0.15) is 18.9 Å². The summed E-state index contributed by atoms with van der Waals surface area (Å²) in [4.78, 5) is 42.2. The molecular formula is C19H24ClN3O3. The van der Waals surface area contributed by atoms with Crippen molar-refractivity contribution in [2.24, 2.45) is 5.92 Å². The number of nitrogens with zero attached hydrogens (tertiary/aromatic N) is 3. The SMILES string of the molecule is CC(Cl)C(=O)N1CCN(C(=O)C2CC(=O)N(Cc3ccccc3)C2)CC1. The quantitative estimate of drug-likeness (QED) is 0.744. The van der Waals surface area contributed by atoms with E-state index in [4.69, 9.17) is 11.6 Å². The standard InChI is InChI=1S/C19H24ClN3O3/c1-14(20)18(25)21-7-9-22(10-8-21)19(26)16-11-17(24)23(13-16)12-15-5-3-2-4-6-15/h2-6,14,16H,7-13H2,1H3. The van der Waals surface area contributed by atoms with Crippen molar-refractivity contribution >= 4 is 29.3 Å². The highest BCUT2D eigenvalue weighted by molar-refractivity contribution is 6.30. The van der Waals surface area contributed by atoms with Crippen LogP contribution < -0.4 is 0 Å². The van der Waals surface area contributed by atoms with Crippen LogP contribution in [0.25, 0.3) is 0 Å². The first-order chi connectivity index (χ1) is 12.5. The number of carbonyl (C=O) groups excluding carboxylic acids is 3. The first-order valence-electron chi connectivity index (χ1n) is 8.99. The van der Waals surface area contributed by atoms with Gasteiger partial charge in [0.1, 0.15) is 5.38 Å². The van der Waals surface area contributed by atoms with E-state index in [1.54, 1.807) is 21.6 Å². The Morgan fingerprint density at radius 3 is 2.35 bits per heavy atom. The van der Waals surface area contributed by atoms with Gasteiger partial charge in [0, 0.05) is 45.7 Å². The maximum atomic E-state index is 12.8. The van der Waals surface area contributed by atoms with Crippen LogP contribution in [0.15, 0.2) is 30.3 Å². The van der Waals surface area contributed by atoms with E-state index in [0.717, 1.165) is 5.56 Å². The number of rotatable bonds is 4. The topological polar surface area (TPSA) is 60.9 Å². The monoisotopic (exact) mass is 377 g/mol. The molecule has 2 fully saturated rings. The zero-order chi connectivity index (χ0) is 18.7. The smallest absolute Gasteiger partial charge is 0.240 e. The second-order valence-electron chi connectivity index (χ2n) is 6.93. The molecule has 6 nitrogen and oxygen atoms in total. The van der Waals surface area contributed by atoms with Crippen LogP contribution in [0.2, 0.25) is 0 Å². The van der Waals surface area contributed by atoms with Crippen molar-refractivity contribution in [3.05, 3.63) is 35.9 Å². The Bertz CT molecular complexity index is 672. The average molecular weight is 378 g/mol. The molecule has 1 aromatic rings. The van der Waals surface area contributed by atoms with Crippen molar-refractivity contribution in [3.63, 3.8) is 0 Å². The van der Waals surface area contributed by atoms with Crippen LogP contribution in [0.4, 0.5) is 0 Å².